The fourth-order valence-corrected chi connectivity index (χ4v) is 4.77. The lowest BCUT2D eigenvalue weighted by Gasteiger charge is -2.32. The Morgan fingerprint density at radius 2 is 1.52 bits per heavy atom. The highest BCUT2D eigenvalue weighted by molar-refractivity contribution is 7.89. The standard InChI is InChI=1S/C22H36N2O4S/c1-8-29(27,28)24-11-9-16(10-12-24)23-20(26)15-13-17(21(2,3)4)19(25)18(14-15)22(5,6)7/h13-14,16,25H,8-12H2,1-7H3,(H,23,26). The number of nitrogens with zero attached hydrogens (tertiary/aromatic N) is 1. The minimum absolute atomic E-state index is 0.0595. The third kappa shape index (κ3) is 5.51. The second kappa shape index (κ2) is 8.26. The molecule has 0 unspecified atom stereocenters. The maximum absolute atomic E-state index is 13.0. The highest BCUT2D eigenvalue weighted by Gasteiger charge is 2.30. The van der Waals surface area contributed by atoms with Crippen molar-refractivity contribution in [1.82, 2.24) is 9.62 Å². The van der Waals surface area contributed by atoms with Gasteiger partial charge in [-0.15, -0.1) is 0 Å². The number of sulfonamides is 1. The van der Waals surface area contributed by atoms with Gasteiger partial charge in [0, 0.05) is 35.8 Å². The van der Waals surface area contributed by atoms with E-state index in [-0.39, 0.29) is 34.3 Å². The zero-order valence-corrected chi connectivity index (χ0v) is 19.6. The van der Waals surface area contributed by atoms with E-state index < -0.39 is 10.0 Å². The fraction of sp³-hybridized carbons (Fsp3) is 0.682. The van der Waals surface area contributed by atoms with E-state index >= 15 is 0 Å². The van der Waals surface area contributed by atoms with Gasteiger partial charge in [-0.3, -0.25) is 4.79 Å². The van der Waals surface area contributed by atoms with E-state index in [4.69, 9.17) is 0 Å². The number of rotatable bonds is 4. The van der Waals surface area contributed by atoms with E-state index in [1.807, 2.05) is 41.5 Å². The zero-order valence-electron chi connectivity index (χ0n) is 18.8. The molecule has 6 nitrogen and oxygen atoms in total. The third-order valence-electron chi connectivity index (χ3n) is 5.54. The molecule has 1 heterocycles. The second-order valence-corrected chi connectivity index (χ2v) is 12.2. The number of aromatic hydroxyl groups is 1. The normalized spacial score (nSPS) is 17.3. The van der Waals surface area contributed by atoms with Crippen LogP contribution in [0.4, 0.5) is 0 Å². The van der Waals surface area contributed by atoms with E-state index in [2.05, 4.69) is 5.32 Å². The molecule has 7 heteroatoms. The van der Waals surface area contributed by atoms with Gasteiger partial charge in [-0.1, -0.05) is 41.5 Å². The van der Waals surface area contributed by atoms with Crippen molar-refractivity contribution in [2.24, 2.45) is 0 Å². The molecule has 0 bridgehead atoms. The minimum atomic E-state index is -3.18. The van der Waals surface area contributed by atoms with Crippen molar-refractivity contribution in [3.63, 3.8) is 0 Å². The number of phenolic OH excluding ortho intramolecular Hbond substituents is 1. The molecule has 164 valence electrons. The van der Waals surface area contributed by atoms with Crippen LogP contribution in [0.2, 0.25) is 0 Å². The van der Waals surface area contributed by atoms with Crippen molar-refractivity contribution in [3.05, 3.63) is 28.8 Å². The molecule has 1 aliphatic heterocycles. The Morgan fingerprint density at radius 3 is 1.90 bits per heavy atom. The van der Waals surface area contributed by atoms with Crippen LogP contribution in [0.25, 0.3) is 0 Å². The largest absolute Gasteiger partial charge is 0.507 e. The summed E-state index contributed by atoms with van der Waals surface area (Å²) in [5.41, 5.74) is 1.42. The molecule has 1 saturated heterocycles. The predicted octanol–water partition coefficient (Wildman–Crippen LogP) is 3.53. The molecule has 1 aliphatic rings. The first-order valence-electron chi connectivity index (χ1n) is 10.3. The summed E-state index contributed by atoms with van der Waals surface area (Å²) in [6.07, 6.45) is 1.20. The lowest BCUT2D eigenvalue weighted by molar-refractivity contribution is 0.0923. The van der Waals surface area contributed by atoms with Crippen LogP contribution in [-0.4, -0.2) is 48.6 Å². The predicted molar refractivity (Wildman–Crippen MR) is 117 cm³/mol. The number of hydrogen-bond acceptors (Lipinski definition) is 4. The molecule has 0 atom stereocenters. The Labute approximate surface area is 175 Å². The van der Waals surface area contributed by atoms with Gasteiger partial charge in [0.1, 0.15) is 5.75 Å². The first-order valence-corrected chi connectivity index (χ1v) is 11.9. The van der Waals surface area contributed by atoms with E-state index in [0.717, 1.165) is 11.1 Å². The summed E-state index contributed by atoms with van der Waals surface area (Å²) in [4.78, 5) is 13.0. The Bertz CT molecular complexity index is 821. The van der Waals surface area contributed by atoms with E-state index in [0.29, 0.717) is 31.5 Å². The molecule has 1 fully saturated rings. The number of carbonyl (C=O) groups excluding carboxylic acids is 1. The maximum Gasteiger partial charge on any atom is 0.251 e. The summed E-state index contributed by atoms with van der Waals surface area (Å²) in [5.74, 6) is 0.167. The molecule has 0 saturated carbocycles. The van der Waals surface area contributed by atoms with Crippen molar-refractivity contribution >= 4 is 15.9 Å². The zero-order chi connectivity index (χ0) is 22.2. The van der Waals surface area contributed by atoms with Crippen molar-refractivity contribution in [3.8, 4) is 5.75 Å². The molecule has 1 amide bonds. The second-order valence-electron chi connectivity index (χ2n) is 9.97. The van der Waals surface area contributed by atoms with Gasteiger partial charge in [0.2, 0.25) is 10.0 Å². The first kappa shape index (κ1) is 23.7. The summed E-state index contributed by atoms with van der Waals surface area (Å²) < 4.78 is 25.5. The molecule has 0 radical (unpaired) electrons. The Balaban J connectivity index is 2.24. The van der Waals surface area contributed by atoms with Gasteiger partial charge >= 0.3 is 0 Å². The molecule has 0 aliphatic carbocycles. The summed E-state index contributed by atoms with van der Waals surface area (Å²) in [7, 11) is -3.18. The summed E-state index contributed by atoms with van der Waals surface area (Å²) in [5, 5.41) is 13.9. The quantitative estimate of drug-likeness (QED) is 0.774. The van der Waals surface area contributed by atoms with Crippen molar-refractivity contribution in [2.75, 3.05) is 18.8 Å². The average molecular weight is 425 g/mol. The number of phenols is 1. The van der Waals surface area contributed by atoms with Crippen LogP contribution >= 0.6 is 0 Å². The number of carbonyl (C=O) groups is 1. The Kier molecular flexibility index (Phi) is 6.75. The molecule has 1 aromatic carbocycles. The van der Waals surface area contributed by atoms with E-state index in [1.54, 1.807) is 19.1 Å². The monoisotopic (exact) mass is 424 g/mol. The van der Waals surface area contributed by atoms with E-state index in [9.17, 15) is 18.3 Å². The van der Waals surface area contributed by atoms with Gasteiger partial charge < -0.3 is 10.4 Å². The number of benzene rings is 1. The summed E-state index contributed by atoms with van der Waals surface area (Å²) in [6.45, 7) is 14.6. The fourth-order valence-electron chi connectivity index (χ4n) is 3.64. The van der Waals surface area contributed by atoms with E-state index in [1.165, 1.54) is 4.31 Å². The number of amides is 1. The molecule has 1 aromatic rings. The number of piperidine rings is 1. The topological polar surface area (TPSA) is 86.7 Å². The SMILES string of the molecule is CCS(=O)(=O)N1CCC(NC(=O)c2cc(C(C)(C)C)c(O)c(C(C)(C)C)c2)CC1. The van der Waals surface area contributed by atoms with Crippen LogP contribution in [0.1, 0.15) is 82.8 Å². The molecule has 2 N–H and O–H groups in total. The number of hydrogen-bond donors (Lipinski definition) is 2. The van der Waals surface area contributed by atoms with Gasteiger partial charge in [0.05, 0.1) is 5.75 Å². The van der Waals surface area contributed by atoms with Crippen molar-refractivity contribution in [2.45, 2.75) is 78.2 Å². The van der Waals surface area contributed by atoms with Crippen LogP contribution in [0.3, 0.4) is 0 Å². The van der Waals surface area contributed by atoms with Crippen molar-refractivity contribution < 1.29 is 18.3 Å². The lowest BCUT2D eigenvalue weighted by atomic mass is 9.78. The smallest absolute Gasteiger partial charge is 0.251 e. The van der Waals surface area contributed by atoms with Gasteiger partial charge in [-0.25, -0.2) is 12.7 Å². The molecular weight excluding hydrogens is 388 g/mol. The lowest BCUT2D eigenvalue weighted by Crippen LogP contribution is -2.46. The first-order chi connectivity index (χ1) is 13.2. The third-order valence-corrected chi connectivity index (χ3v) is 7.42. The van der Waals surface area contributed by atoms with Gasteiger partial charge in [0.15, 0.2) is 0 Å². The van der Waals surface area contributed by atoms with Crippen LogP contribution in [0.5, 0.6) is 5.75 Å². The van der Waals surface area contributed by atoms with Crippen LogP contribution in [0.15, 0.2) is 12.1 Å². The molecule has 0 spiro atoms. The molecular formula is C22H36N2O4S. The molecule has 2 rings (SSSR count). The van der Waals surface area contributed by atoms with Gasteiger partial charge in [0.25, 0.3) is 5.91 Å². The van der Waals surface area contributed by atoms with Crippen LogP contribution in [0, 0.1) is 0 Å². The maximum atomic E-state index is 13.0. The highest BCUT2D eigenvalue weighted by atomic mass is 32.2. The number of nitrogens with one attached hydrogen (secondary N) is 1. The Hall–Kier alpha value is -1.60. The van der Waals surface area contributed by atoms with Crippen LogP contribution in [-0.2, 0) is 20.9 Å². The highest BCUT2D eigenvalue weighted by Crippen LogP contribution is 2.39. The van der Waals surface area contributed by atoms with Crippen LogP contribution < -0.4 is 5.32 Å². The van der Waals surface area contributed by atoms with Crippen molar-refractivity contribution in [1.29, 1.82) is 0 Å². The summed E-state index contributed by atoms with van der Waals surface area (Å²) >= 11 is 0. The Morgan fingerprint density at radius 1 is 1.07 bits per heavy atom. The van der Waals surface area contributed by atoms with Gasteiger partial charge in [-0.05, 0) is 42.7 Å². The molecule has 0 aromatic heterocycles. The minimum Gasteiger partial charge on any atom is -0.507 e. The molecule has 29 heavy (non-hydrogen) atoms. The van der Waals surface area contributed by atoms with Gasteiger partial charge in [-0.2, -0.15) is 0 Å². The summed E-state index contributed by atoms with van der Waals surface area (Å²) in [6, 6.07) is 3.49. The average Bonchev–Trinajstić information content (AvgIpc) is 2.60.